The van der Waals surface area contributed by atoms with Gasteiger partial charge in [0.15, 0.2) is 10.8 Å². The number of nitrogens with one attached hydrogen (secondary N) is 1. The number of carbonyl (C=O) groups is 1. The van der Waals surface area contributed by atoms with E-state index in [1.165, 1.54) is 22.2 Å². The van der Waals surface area contributed by atoms with Gasteiger partial charge in [0.1, 0.15) is 10.7 Å². The molecule has 0 fully saturated rings. The number of amides is 1. The van der Waals surface area contributed by atoms with Gasteiger partial charge in [-0.3, -0.25) is 9.20 Å². The number of fused-ring (bicyclic) bond motifs is 3. The highest BCUT2D eigenvalue weighted by Gasteiger charge is 2.21. The molecule has 29 heavy (non-hydrogen) atoms. The molecule has 0 aliphatic carbocycles. The fourth-order valence-electron chi connectivity index (χ4n) is 3.12. The van der Waals surface area contributed by atoms with Crippen LogP contribution in [0, 0.1) is 13.8 Å². The number of benzene rings is 1. The highest BCUT2D eigenvalue weighted by Crippen LogP contribution is 2.34. The van der Waals surface area contributed by atoms with Gasteiger partial charge in [-0.2, -0.15) is 0 Å². The first kappa shape index (κ1) is 20.1. The second-order valence-electron chi connectivity index (χ2n) is 7.08. The van der Waals surface area contributed by atoms with Gasteiger partial charge in [-0.1, -0.05) is 43.3 Å². The van der Waals surface area contributed by atoms with E-state index in [0.717, 1.165) is 21.7 Å². The Hall–Kier alpha value is -2.16. The largest absolute Gasteiger partial charge is 0.325 e. The molecule has 4 rings (SSSR count). The van der Waals surface area contributed by atoms with Gasteiger partial charge in [0.2, 0.25) is 5.91 Å². The minimum absolute atomic E-state index is 0.128. The van der Waals surface area contributed by atoms with E-state index in [2.05, 4.69) is 43.2 Å². The highest BCUT2D eigenvalue weighted by atomic mass is 35.5. The molecule has 6 nitrogen and oxygen atoms in total. The molecule has 4 aromatic rings. The number of carbonyl (C=O) groups excluding carboxylic acids is 1. The van der Waals surface area contributed by atoms with E-state index in [9.17, 15) is 4.79 Å². The first-order chi connectivity index (χ1) is 13.8. The van der Waals surface area contributed by atoms with E-state index in [-0.39, 0.29) is 17.6 Å². The Labute approximate surface area is 181 Å². The number of nitrogens with zero attached hydrogens (tertiary/aromatic N) is 4. The Kier molecular flexibility index (Phi) is 5.50. The number of aryl methyl sites for hydroxylation is 2. The maximum Gasteiger partial charge on any atom is 0.234 e. The van der Waals surface area contributed by atoms with Gasteiger partial charge >= 0.3 is 0 Å². The highest BCUT2D eigenvalue weighted by molar-refractivity contribution is 7.99. The van der Waals surface area contributed by atoms with E-state index in [1.54, 1.807) is 35.6 Å². The second-order valence-corrected chi connectivity index (χ2v) is 9.66. The molecule has 1 aromatic carbocycles. The number of anilines is 1. The normalized spacial score (nSPS) is 11.7. The number of hydrogen-bond donors (Lipinski definition) is 1. The molecule has 1 amide bonds. The average Bonchev–Trinajstić information content (AvgIpc) is 3.20. The quantitative estimate of drug-likeness (QED) is 0.413. The van der Waals surface area contributed by atoms with Gasteiger partial charge in [0.25, 0.3) is 0 Å². The van der Waals surface area contributed by atoms with Crippen molar-refractivity contribution in [1.29, 1.82) is 0 Å². The Balaban J connectivity index is 1.65. The zero-order valence-corrected chi connectivity index (χ0v) is 18.9. The van der Waals surface area contributed by atoms with Crippen LogP contribution in [0.4, 0.5) is 5.69 Å². The molecule has 9 heteroatoms. The predicted molar refractivity (Wildman–Crippen MR) is 121 cm³/mol. The molecule has 0 spiro atoms. The number of thioether (sulfide) groups is 1. The molecule has 0 unspecified atom stereocenters. The Bertz CT molecular complexity index is 1230. The maximum atomic E-state index is 12.4. The Morgan fingerprint density at radius 2 is 2.10 bits per heavy atom. The van der Waals surface area contributed by atoms with Crippen LogP contribution in [0.1, 0.15) is 36.0 Å². The van der Waals surface area contributed by atoms with Crippen LogP contribution < -0.4 is 5.32 Å². The zero-order valence-electron chi connectivity index (χ0n) is 16.5. The third kappa shape index (κ3) is 3.84. The van der Waals surface area contributed by atoms with Crippen molar-refractivity contribution >= 4 is 62.2 Å². The molecule has 0 aliphatic rings. The van der Waals surface area contributed by atoms with Gasteiger partial charge in [-0.05, 0) is 37.6 Å². The van der Waals surface area contributed by atoms with Crippen molar-refractivity contribution in [3.05, 3.63) is 45.6 Å². The molecular formula is C20H20ClN5OS2. The zero-order chi connectivity index (χ0) is 20.7. The predicted octanol–water partition coefficient (Wildman–Crippen LogP) is 5.46. The third-order valence-electron chi connectivity index (χ3n) is 4.63. The number of halogens is 1. The molecule has 0 aliphatic heterocycles. The van der Waals surface area contributed by atoms with Crippen LogP contribution in [0.5, 0.6) is 0 Å². The van der Waals surface area contributed by atoms with Crippen LogP contribution in [-0.4, -0.2) is 31.2 Å². The first-order valence-electron chi connectivity index (χ1n) is 9.18. The molecule has 0 atom stereocenters. The smallest absolute Gasteiger partial charge is 0.234 e. The van der Waals surface area contributed by atoms with Crippen molar-refractivity contribution < 1.29 is 4.79 Å². The van der Waals surface area contributed by atoms with Crippen LogP contribution in [-0.2, 0) is 4.79 Å². The monoisotopic (exact) mass is 445 g/mol. The standard InChI is InChI=1S/C20H20ClN5OS2/c1-10(2)17-23-19-16(11(3)12(4)29-19)18-24-25-20(26(17)18)28-9-15(27)22-14-7-5-6-13(21)8-14/h5-8,10H,9H2,1-4H3,(H,22,27). The number of rotatable bonds is 5. The van der Waals surface area contributed by atoms with E-state index in [0.29, 0.717) is 15.9 Å². The van der Waals surface area contributed by atoms with Crippen LogP contribution in [0.25, 0.3) is 15.9 Å². The van der Waals surface area contributed by atoms with Crippen molar-refractivity contribution in [3.63, 3.8) is 0 Å². The third-order valence-corrected chi connectivity index (χ3v) is 6.89. The summed E-state index contributed by atoms with van der Waals surface area (Å²) in [6.07, 6.45) is 0. The van der Waals surface area contributed by atoms with E-state index >= 15 is 0 Å². The summed E-state index contributed by atoms with van der Waals surface area (Å²) in [4.78, 5) is 19.5. The van der Waals surface area contributed by atoms with Crippen LogP contribution in [0.15, 0.2) is 29.4 Å². The fourth-order valence-corrected chi connectivity index (χ4v) is 5.08. The van der Waals surface area contributed by atoms with Crippen molar-refractivity contribution in [3.8, 4) is 0 Å². The number of aromatic nitrogens is 4. The molecule has 150 valence electrons. The summed E-state index contributed by atoms with van der Waals surface area (Å²) in [5.74, 6) is 1.18. The second kappa shape index (κ2) is 7.93. The summed E-state index contributed by atoms with van der Waals surface area (Å²) in [6, 6.07) is 7.09. The molecule has 0 bridgehead atoms. The first-order valence-corrected chi connectivity index (χ1v) is 11.4. The maximum absolute atomic E-state index is 12.4. The fraction of sp³-hybridized carbons (Fsp3) is 0.300. The topological polar surface area (TPSA) is 72.2 Å². The molecule has 0 radical (unpaired) electrons. The van der Waals surface area contributed by atoms with Crippen molar-refractivity contribution in [2.75, 3.05) is 11.1 Å². The van der Waals surface area contributed by atoms with Crippen molar-refractivity contribution in [2.45, 2.75) is 38.8 Å². The van der Waals surface area contributed by atoms with Gasteiger partial charge < -0.3 is 5.32 Å². The summed E-state index contributed by atoms with van der Waals surface area (Å²) in [6.45, 7) is 8.38. The lowest BCUT2D eigenvalue weighted by Gasteiger charge is -2.10. The molecule has 3 aromatic heterocycles. The van der Waals surface area contributed by atoms with Gasteiger partial charge in [0, 0.05) is 21.5 Å². The minimum atomic E-state index is -0.128. The summed E-state index contributed by atoms with van der Waals surface area (Å²) in [5.41, 5.74) is 2.66. The van der Waals surface area contributed by atoms with Gasteiger partial charge in [-0.15, -0.1) is 21.5 Å². The molecule has 0 saturated heterocycles. The molecular weight excluding hydrogens is 426 g/mol. The van der Waals surface area contributed by atoms with E-state index < -0.39 is 0 Å². The van der Waals surface area contributed by atoms with Crippen LogP contribution in [0.2, 0.25) is 5.02 Å². The van der Waals surface area contributed by atoms with E-state index in [4.69, 9.17) is 16.6 Å². The summed E-state index contributed by atoms with van der Waals surface area (Å²) in [5, 5.41) is 14.0. The molecule has 1 N–H and O–H groups in total. The average molecular weight is 446 g/mol. The number of thiophene rings is 1. The van der Waals surface area contributed by atoms with Gasteiger partial charge in [-0.25, -0.2) is 4.98 Å². The molecule has 0 saturated carbocycles. The molecule has 3 heterocycles. The van der Waals surface area contributed by atoms with Crippen molar-refractivity contribution in [1.82, 2.24) is 19.6 Å². The van der Waals surface area contributed by atoms with Crippen LogP contribution >= 0.6 is 34.7 Å². The lowest BCUT2D eigenvalue weighted by molar-refractivity contribution is -0.113. The Morgan fingerprint density at radius 1 is 1.31 bits per heavy atom. The van der Waals surface area contributed by atoms with Gasteiger partial charge in [0.05, 0.1) is 11.1 Å². The SMILES string of the molecule is Cc1sc2nc(C(C)C)n3c(SCC(=O)Nc4cccc(Cl)c4)nnc3c2c1C. The van der Waals surface area contributed by atoms with Crippen LogP contribution in [0.3, 0.4) is 0 Å². The summed E-state index contributed by atoms with van der Waals surface area (Å²) >= 11 is 9.01. The van der Waals surface area contributed by atoms with E-state index in [1.807, 2.05) is 4.40 Å². The summed E-state index contributed by atoms with van der Waals surface area (Å²) in [7, 11) is 0. The summed E-state index contributed by atoms with van der Waals surface area (Å²) < 4.78 is 1.99. The lowest BCUT2D eigenvalue weighted by atomic mass is 10.2. The Morgan fingerprint density at radius 3 is 2.83 bits per heavy atom. The van der Waals surface area contributed by atoms with Crippen molar-refractivity contribution in [2.24, 2.45) is 0 Å². The number of hydrogen-bond acceptors (Lipinski definition) is 6. The minimum Gasteiger partial charge on any atom is -0.325 e. The lowest BCUT2D eigenvalue weighted by Crippen LogP contribution is -2.14.